The molecule has 18 heavy (non-hydrogen) atoms. The number of carbonyl (C=O) groups excluding carboxylic acids is 1. The number of benzene rings is 1. The number of thiophene rings is 1. The fourth-order valence-corrected chi connectivity index (χ4v) is 3.91. The third-order valence-electron chi connectivity index (χ3n) is 3.61. The summed E-state index contributed by atoms with van der Waals surface area (Å²) in [7, 11) is 0. The molecule has 0 saturated carbocycles. The number of carbonyl (C=O) groups is 1. The third kappa shape index (κ3) is 1.91. The van der Waals surface area contributed by atoms with Gasteiger partial charge in [-0.2, -0.15) is 0 Å². The standard InChI is InChI=1S/C14H16N2OS/c15-14(17)13-12(9-5-7-16-8-6-9)10-3-1-2-4-11(10)18-13/h1-4,9,16H,5-8H2,(H2,15,17). The third-order valence-corrected chi connectivity index (χ3v) is 4.81. The van der Waals surface area contributed by atoms with Gasteiger partial charge in [0.25, 0.3) is 5.91 Å². The smallest absolute Gasteiger partial charge is 0.259 e. The molecule has 1 saturated heterocycles. The summed E-state index contributed by atoms with van der Waals surface area (Å²) in [4.78, 5) is 12.4. The number of nitrogens with one attached hydrogen (secondary N) is 1. The summed E-state index contributed by atoms with van der Waals surface area (Å²) in [6.45, 7) is 2.04. The molecule has 1 fully saturated rings. The van der Waals surface area contributed by atoms with Crippen molar-refractivity contribution in [2.24, 2.45) is 5.73 Å². The van der Waals surface area contributed by atoms with E-state index < -0.39 is 0 Å². The van der Waals surface area contributed by atoms with Crippen LogP contribution in [0.25, 0.3) is 10.1 Å². The van der Waals surface area contributed by atoms with Crippen LogP contribution in [0.5, 0.6) is 0 Å². The Labute approximate surface area is 110 Å². The number of rotatable bonds is 2. The lowest BCUT2D eigenvalue weighted by Gasteiger charge is -2.23. The van der Waals surface area contributed by atoms with Gasteiger partial charge >= 0.3 is 0 Å². The monoisotopic (exact) mass is 260 g/mol. The van der Waals surface area contributed by atoms with E-state index in [0.717, 1.165) is 30.8 Å². The minimum Gasteiger partial charge on any atom is -0.365 e. The predicted octanol–water partition coefficient (Wildman–Crippen LogP) is 2.47. The summed E-state index contributed by atoms with van der Waals surface area (Å²) in [6, 6.07) is 8.22. The Kier molecular flexibility index (Phi) is 3.06. The highest BCUT2D eigenvalue weighted by Crippen LogP contribution is 2.39. The highest BCUT2D eigenvalue weighted by Gasteiger charge is 2.24. The summed E-state index contributed by atoms with van der Waals surface area (Å²) in [5.41, 5.74) is 6.73. The molecule has 2 aromatic rings. The zero-order valence-electron chi connectivity index (χ0n) is 10.1. The first kappa shape index (κ1) is 11.7. The van der Waals surface area contributed by atoms with Crippen molar-refractivity contribution in [3.8, 4) is 0 Å². The Bertz CT molecular complexity index is 584. The number of hydrogen-bond acceptors (Lipinski definition) is 3. The predicted molar refractivity (Wildman–Crippen MR) is 75.2 cm³/mol. The van der Waals surface area contributed by atoms with Gasteiger partial charge in [-0.1, -0.05) is 18.2 Å². The highest BCUT2D eigenvalue weighted by atomic mass is 32.1. The summed E-state index contributed by atoms with van der Waals surface area (Å²) in [6.07, 6.45) is 2.17. The minimum atomic E-state index is -0.287. The first-order chi connectivity index (χ1) is 8.77. The molecule has 1 aromatic heterocycles. The molecule has 0 unspecified atom stereocenters. The number of piperidine rings is 1. The molecule has 0 spiro atoms. The molecule has 0 aliphatic carbocycles. The summed E-state index contributed by atoms with van der Waals surface area (Å²) < 4.78 is 1.17. The van der Waals surface area contributed by atoms with E-state index in [0.29, 0.717) is 5.92 Å². The highest BCUT2D eigenvalue weighted by molar-refractivity contribution is 7.21. The van der Waals surface area contributed by atoms with Crippen LogP contribution in [-0.4, -0.2) is 19.0 Å². The normalized spacial score (nSPS) is 17.1. The van der Waals surface area contributed by atoms with Crippen molar-refractivity contribution in [1.82, 2.24) is 5.32 Å². The van der Waals surface area contributed by atoms with Crippen molar-refractivity contribution < 1.29 is 4.79 Å². The van der Waals surface area contributed by atoms with Crippen LogP contribution in [0, 0.1) is 0 Å². The van der Waals surface area contributed by atoms with Crippen LogP contribution in [0.15, 0.2) is 24.3 Å². The molecule has 2 heterocycles. The second kappa shape index (κ2) is 4.71. The van der Waals surface area contributed by atoms with Crippen LogP contribution in [0.2, 0.25) is 0 Å². The lowest BCUT2D eigenvalue weighted by molar-refractivity contribution is 0.100. The first-order valence-corrected chi connectivity index (χ1v) is 7.11. The Morgan fingerprint density at radius 3 is 2.72 bits per heavy atom. The number of amides is 1. The van der Waals surface area contributed by atoms with Gasteiger partial charge in [-0.15, -0.1) is 11.3 Å². The number of nitrogens with two attached hydrogens (primary N) is 1. The molecule has 1 aliphatic heterocycles. The van der Waals surface area contributed by atoms with Crippen molar-refractivity contribution in [3.63, 3.8) is 0 Å². The molecule has 0 radical (unpaired) electrons. The number of hydrogen-bond donors (Lipinski definition) is 2. The van der Waals surface area contributed by atoms with Crippen molar-refractivity contribution >= 4 is 27.3 Å². The van der Waals surface area contributed by atoms with Gasteiger partial charge in [0.05, 0.1) is 4.88 Å². The Morgan fingerprint density at radius 2 is 2.00 bits per heavy atom. The molecule has 0 bridgehead atoms. The van der Waals surface area contributed by atoms with Gasteiger partial charge in [0.15, 0.2) is 0 Å². The van der Waals surface area contributed by atoms with Gasteiger partial charge < -0.3 is 11.1 Å². The van der Waals surface area contributed by atoms with E-state index in [4.69, 9.17) is 5.73 Å². The average molecular weight is 260 g/mol. The van der Waals surface area contributed by atoms with E-state index >= 15 is 0 Å². The Morgan fingerprint density at radius 1 is 1.28 bits per heavy atom. The van der Waals surface area contributed by atoms with Gasteiger partial charge in [0.2, 0.25) is 0 Å². The van der Waals surface area contributed by atoms with Gasteiger partial charge in [0, 0.05) is 4.70 Å². The maximum atomic E-state index is 11.7. The molecular formula is C14H16N2OS. The van der Waals surface area contributed by atoms with Crippen molar-refractivity contribution in [1.29, 1.82) is 0 Å². The summed E-state index contributed by atoms with van der Waals surface area (Å²) in [5.74, 6) is 0.176. The van der Waals surface area contributed by atoms with Crippen LogP contribution < -0.4 is 11.1 Å². The van der Waals surface area contributed by atoms with E-state index in [1.165, 1.54) is 27.0 Å². The second-order valence-electron chi connectivity index (χ2n) is 4.73. The van der Waals surface area contributed by atoms with Crippen molar-refractivity contribution in [3.05, 3.63) is 34.7 Å². The Hall–Kier alpha value is -1.39. The van der Waals surface area contributed by atoms with Crippen LogP contribution in [0.4, 0.5) is 0 Å². The minimum absolute atomic E-state index is 0.287. The zero-order chi connectivity index (χ0) is 12.5. The summed E-state index contributed by atoms with van der Waals surface area (Å²) >= 11 is 1.53. The fraction of sp³-hybridized carbons (Fsp3) is 0.357. The molecule has 1 aromatic carbocycles. The number of fused-ring (bicyclic) bond motifs is 1. The topological polar surface area (TPSA) is 55.1 Å². The van der Waals surface area contributed by atoms with Gasteiger partial charge in [-0.05, 0) is 48.9 Å². The molecule has 94 valence electrons. The SMILES string of the molecule is NC(=O)c1sc2ccccc2c1C1CCNCC1. The molecule has 1 aliphatic rings. The molecule has 4 heteroatoms. The largest absolute Gasteiger partial charge is 0.365 e. The van der Waals surface area contributed by atoms with Crippen LogP contribution in [0.1, 0.15) is 34.0 Å². The van der Waals surface area contributed by atoms with Crippen LogP contribution in [-0.2, 0) is 0 Å². The maximum Gasteiger partial charge on any atom is 0.259 e. The van der Waals surface area contributed by atoms with Gasteiger partial charge in [-0.3, -0.25) is 4.79 Å². The molecule has 3 rings (SSSR count). The van der Waals surface area contributed by atoms with E-state index in [9.17, 15) is 4.79 Å². The zero-order valence-corrected chi connectivity index (χ0v) is 10.9. The van der Waals surface area contributed by atoms with Crippen LogP contribution in [0.3, 0.4) is 0 Å². The molecule has 3 nitrogen and oxygen atoms in total. The van der Waals surface area contributed by atoms with Crippen molar-refractivity contribution in [2.45, 2.75) is 18.8 Å². The van der Waals surface area contributed by atoms with E-state index in [-0.39, 0.29) is 5.91 Å². The lowest BCUT2D eigenvalue weighted by atomic mass is 9.88. The Balaban J connectivity index is 2.17. The van der Waals surface area contributed by atoms with E-state index in [1.807, 2.05) is 12.1 Å². The quantitative estimate of drug-likeness (QED) is 0.871. The number of primary amides is 1. The second-order valence-corrected chi connectivity index (χ2v) is 5.78. The molecule has 3 N–H and O–H groups in total. The van der Waals surface area contributed by atoms with Crippen LogP contribution >= 0.6 is 11.3 Å². The van der Waals surface area contributed by atoms with E-state index in [2.05, 4.69) is 17.4 Å². The maximum absolute atomic E-state index is 11.7. The van der Waals surface area contributed by atoms with Crippen molar-refractivity contribution in [2.75, 3.05) is 13.1 Å². The summed E-state index contributed by atoms with van der Waals surface area (Å²) in [5, 5.41) is 4.57. The fourth-order valence-electron chi connectivity index (χ4n) is 2.76. The van der Waals surface area contributed by atoms with Gasteiger partial charge in [0.1, 0.15) is 0 Å². The van der Waals surface area contributed by atoms with E-state index in [1.54, 1.807) is 0 Å². The molecular weight excluding hydrogens is 244 g/mol. The average Bonchev–Trinajstić information content (AvgIpc) is 2.79. The van der Waals surface area contributed by atoms with Gasteiger partial charge in [-0.25, -0.2) is 0 Å². The lowest BCUT2D eigenvalue weighted by Crippen LogP contribution is -2.27. The molecule has 1 amide bonds. The molecule has 0 atom stereocenters. The first-order valence-electron chi connectivity index (χ1n) is 6.29.